The smallest absolute Gasteiger partial charge is 0.258 e. The van der Waals surface area contributed by atoms with Crippen molar-refractivity contribution in [3.8, 4) is 0 Å². The summed E-state index contributed by atoms with van der Waals surface area (Å²) in [5, 5.41) is 3.70. The molecule has 0 radical (unpaired) electrons. The predicted octanol–water partition coefficient (Wildman–Crippen LogP) is 5.41. The molecule has 126 valence electrons. The third-order valence-corrected chi connectivity index (χ3v) is 4.91. The molecule has 25 heavy (non-hydrogen) atoms. The molecule has 0 fully saturated rings. The van der Waals surface area contributed by atoms with E-state index in [1.54, 1.807) is 12.3 Å². The van der Waals surface area contributed by atoms with Crippen LogP contribution in [0, 0.1) is 20.8 Å². The second-order valence-electron chi connectivity index (χ2n) is 6.04. The van der Waals surface area contributed by atoms with E-state index < -0.39 is 0 Å². The van der Waals surface area contributed by atoms with Gasteiger partial charge in [0.2, 0.25) is 0 Å². The number of benzene rings is 2. The van der Waals surface area contributed by atoms with Gasteiger partial charge in [0, 0.05) is 16.8 Å². The summed E-state index contributed by atoms with van der Waals surface area (Å²) in [4.78, 5) is 18.2. The molecule has 0 spiro atoms. The van der Waals surface area contributed by atoms with E-state index in [1.807, 2.05) is 44.2 Å². The third-order valence-electron chi connectivity index (χ3n) is 3.88. The molecule has 0 aliphatic carbocycles. The molecule has 0 bridgehead atoms. The highest BCUT2D eigenvalue weighted by molar-refractivity contribution is 7.99. The highest BCUT2D eigenvalue weighted by Crippen LogP contribution is 2.29. The van der Waals surface area contributed by atoms with Crippen LogP contribution in [0.1, 0.15) is 27.0 Å². The molecule has 1 N–H and O–H groups in total. The zero-order chi connectivity index (χ0) is 17.8. The Morgan fingerprint density at radius 1 is 0.960 bits per heavy atom. The number of nitrogens with one attached hydrogen (secondary N) is 1. The molecule has 1 aromatic heterocycles. The molecule has 3 nitrogen and oxygen atoms in total. The summed E-state index contributed by atoms with van der Waals surface area (Å²) in [6.45, 7) is 6.09. The van der Waals surface area contributed by atoms with Gasteiger partial charge in [0.15, 0.2) is 0 Å². The van der Waals surface area contributed by atoms with Crippen LogP contribution in [0.2, 0.25) is 0 Å². The highest BCUT2D eigenvalue weighted by Gasteiger charge is 2.14. The van der Waals surface area contributed by atoms with Crippen LogP contribution < -0.4 is 5.32 Å². The molecule has 3 aromatic rings. The van der Waals surface area contributed by atoms with E-state index in [4.69, 9.17) is 0 Å². The quantitative estimate of drug-likeness (QED) is 0.685. The first kappa shape index (κ1) is 17.2. The Bertz CT molecular complexity index is 904. The molecule has 0 aliphatic rings. The van der Waals surface area contributed by atoms with Gasteiger partial charge in [-0.2, -0.15) is 0 Å². The minimum atomic E-state index is -0.144. The van der Waals surface area contributed by atoms with Crippen LogP contribution in [0.4, 0.5) is 5.69 Å². The Balaban J connectivity index is 1.84. The van der Waals surface area contributed by atoms with Crippen molar-refractivity contribution in [2.45, 2.75) is 30.7 Å². The van der Waals surface area contributed by atoms with E-state index in [9.17, 15) is 4.79 Å². The van der Waals surface area contributed by atoms with Crippen LogP contribution in [-0.2, 0) is 0 Å². The lowest BCUT2D eigenvalue weighted by molar-refractivity contribution is 0.102. The molecule has 0 aliphatic heterocycles. The van der Waals surface area contributed by atoms with Gasteiger partial charge in [0.1, 0.15) is 5.03 Å². The first-order chi connectivity index (χ1) is 12.0. The van der Waals surface area contributed by atoms with E-state index in [0.717, 1.165) is 16.1 Å². The average Bonchev–Trinajstić information content (AvgIpc) is 2.60. The average molecular weight is 348 g/mol. The standard InChI is InChI=1S/C21H20N2OS/c1-14-6-9-17(10-7-14)25-21-18(5-4-12-22-21)20(24)23-19-11-8-15(2)13-16(19)3/h4-13H,1-3H3,(H,23,24). The number of anilines is 1. The fourth-order valence-corrected chi connectivity index (χ4v) is 3.39. The van der Waals surface area contributed by atoms with Gasteiger partial charge in [-0.05, 0) is 56.7 Å². The number of hydrogen-bond acceptors (Lipinski definition) is 3. The fourth-order valence-electron chi connectivity index (χ4n) is 2.51. The zero-order valence-corrected chi connectivity index (χ0v) is 15.4. The van der Waals surface area contributed by atoms with Gasteiger partial charge in [-0.25, -0.2) is 4.98 Å². The van der Waals surface area contributed by atoms with Gasteiger partial charge in [-0.3, -0.25) is 4.79 Å². The summed E-state index contributed by atoms with van der Waals surface area (Å²) >= 11 is 1.50. The Kier molecular flexibility index (Phi) is 5.19. The van der Waals surface area contributed by atoms with Gasteiger partial charge in [-0.15, -0.1) is 0 Å². The lowest BCUT2D eigenvalue weighted by Gasteiger charge is -2.11. The molecule has 1 heterocycles. The normalized spacial score (nSPS) is 10.5. The molecule has 4 heteroatoms. The minimum absolute atomic E-state index is 0.144. The van der Waals surface area contributed by atoms with Gasteiger partial charge in [0.25, 0.3) is 5.91 Å². The lowest BCUT2D eigenvalue weighted by atomic mass is 10.1. The Hall–Kier alpha value is -2.59. The second-order valence-corrected chi connectivity index (χ2v) is 7.11. The van der Waals surface area contributed by atoms with Crippen LogP contribution in [0.5, 0.6) is 0 Å². The number of aryl methyl sites for hydroxylation is 3. The third kappa shape index (κ3) is 4.28. The van der Waals surface area contributed by atoms with Crippen molar-refractivity contribution in [3.63, 3.8) is 0 Å². The molecule has 3 rings (SSSR count). The van der Waals surface area contributed by atoms with E-state index in [2.05, 4.69) is 35.4 Å². The lowest BCUT2D eigenvalue weighted by Crippen LogP contribution is -2.14. The first-order valence-corrected chi connectivity index (χ1v) is 8.93. The fraction of sp³-hybridized carbons (Fsp3) is 0.143. The molecule has 0 atom stereocenters. The summed E-state index contributed by atoms with van der Waals surface area (Å²) in [5.41, 5.74) is 4.83. The number of rotatable bonds is 4. The van der Waals surface area contributed by atoms with E-state index in [0.29, 0.717) is 10.6 Å². The first-order valence-electron chi connectivity index (χ1n) is 8.11. The van der Waals surface area contributed by atoms with Crippen LogP contribution in [0.15, 0.2) is 70.7 Å². The molecular weight excluding hydrogens is 328 g/mol. The summed E-state index contributed by atoms with van der Waals surface area (Å²) in [6, 6.07) is 17.8. The molecule has 2 aromatic carbocycles. The Morgan fingerprint density at radius 3 is 2.40 bits per heavy atom. The van der Waals surface area contributed by atoms with Crippen molar-refractivity contribution in [2.24, 2.45) is 0 Å². The van der Waals surface area contributed by atoms with Crippen molar-refractivity contribution in [3.05, 3.63) is 83.0 Å². The Morgan fingerprint density at radius 2 is 1.68 bits per heavy atom. The maximum Gasteiger partial charge on any atom is 0.258 e. The monoisotopic (exact) mass is 348 g/mol. The predicted molar refractivity (Wildman–Crippen MR) is 103 cm³/mol. The molecule has 0 unspecified atom stereocenters. The van der Waals surface area contributed by atoms with Crippen molar-refractivity contribution in [1.29, 1.82) is 0 Å². The van der Waals surface area contributed by atoms with E-state index in [-0.39, 0.29) is 5.91 Å². The SMILES string of the molecule is Cc1ccc(Sc2ncccc2C(=O)Nc2ccc(C)cc2C)cc1. The maximum atomic E-state index is 12.8. The van der Waals surface area contributed by atoms with Gasteiger partial charge >= 0.3 is 0 Å². The summed E-state index contributed by atoms with van der Waals surface area (Å²) in [6.07, 6.45) is 1.71. The van der Waals surface area contributed by atoms with Crippen molar-refractivity contribution in [2.75, 3.05) is 5.32 Å². The zero-order valence-electron chi connectivity index (χ0n) is 14.5. The molecule has 0 saturated heterocycles. The van der Waals surface area contributed by atoms with Crippen LogP contribution >= 0.6 is 11.8 Å². The topological polar surface area (TPSA) is 42.0 Å². The number of aromatic nitrogens is 1. The van der Waals surface area contributed by atoms with Gasteiger partial charge in [-0.1, -0.05) is 47.2 Å². The number of carbonyl (C=O) groups excluding carboxylic acids is 1. The number of carbonyl (C=O) groups is 1. The maximum absolute atomic E-state index is 12.8. The number of nitrogens with zero attached hydrogens (tertiary/aromatic N) is 1. The molecule has 1 amide bonds. The van der Waals surface area contributed by atoms with Gasteiger partial charge in [0.05, 0.1) is 5.56 Å². The van der Waals surface area contributed by atoms with E-state index in [1.165, 1.54) is 22.9 Å². The molecular formula is C21H20N2OS. The highest BCUT2D eigenvalue weighted by atomic mass is 32.2. The van der Waals surface area contributed by atoms with Crippen molar-refractivity contribution < 1.29 is 4.79 Å². The number of amides is 1. The van der Waals surface area contributed by atoms with Crippen molar-refractivity contribution in [1.82, 2.24) is 4.98 Å². The molecule has 0 saturated carbocycles. The minimum Gasteiger partial charge on any atom is -0.322 e. The second kappa shape index (κ2) is 7.53. The largest absolute Gasteiger partial charge is 0.322 e. The summed E-state index contributed by atoms with van der Waals surface area (Å²) in [7, 11) is 0. The summed E-state index contributed by atoms with van der Waals surface area (Å²) < 4.78 is 0. The van der Waals surface area contributed by atoms with Gasteiger partial charge < -0.3 is 5.32 Å². The number of hydrogen-bond donors (Lipinski definition) is 1. The van der Waals surface area contributed by atoms with E-state index >= 15 is 0 Å². The van der Waals surface area contributed by atoms with Crippen molar-refractivity contribution >= 4 is 23.4 Å². The Labute approximate surface area is 152 Å². The van der Waals surface area contributed by atoms with Crippen LogP contribution in [-0.4, -0.2) is 10.9 Å². The summed E-state index contributed by atoms with van der Waals surface area (Å²) in [5.74, 6) is -0.144. The van der Waals surface area contributed by atoms with Crippen LogP contribution in [0.25, 0.3) is 0 Å². The number of pyridine rings is 1. The van der Waals surface area contributed by atoms with Crippen LogP contribution in [0.3, 0.4) is 0 Å².